The molecule has 0 aliphatic carbocycles. The molecule has 0 bridgehead atoms. The molecule has 2 aromatic rings. The zero-order chi connectivity index (χ0) is 20.0. The van der Waals surface area contributed by atoms with Gasteiger partial charge in [-0.25, -0.2) is 9.98 Å². The highest BCUT2D eigenvalue weighted by Gasteiger charge is 2.25. The fourth-order valence-electron chi connectivity index (χ4n) is 3.40. The number of benzene rings is 1. The number of aryl methyl sites for hydroxylation is 1. The van der Waals surface area contributed by atoms with Crippen LogP contribution in [-0.2, 0) is 18.3 Å². The molecule has 1 aliphatic heterocycles. The van der Waals surface area contributed by atoms with Crippen molar-refractivity contribution in [2.45, 2.75) is 26.0 Å². The van der Waals surface area contributed by atoms with Crippen molar-refractivity contribution in [3.8, 4) is 0 Å². The van der Waals surface area contributed by atoms with E-state index in [1.54, 1.807) is 0 Å². The van der Waals surface area contributed by atoms with Gasteiger partial charge in [0.25, 0.3) is 0 Å². The average Bonchev–Trinajstić information content (AvgIpc) is 3.01. The summed E-state index contributed by atoms with van der Waals surface area (Å²) in [6.45, 7) is 9.28. The third-order valence-electron chi connectivity index (χ3n) is 4.91. The van der Waals surface area contributed by atoms with Crippen molar-refractivity contribution in [1.82, 2.24) is 25.1 Å². The predicted molar refractivity (Wildman–Crippen MR) is 111 cm³/mol. The summed E-state index contributed by atoms with van der Waals surface area (Å²) in [6, 6.07) is 8.07. The lowest BCUT2D eigenvalue weighted by atomic mass is 10.1. The monoisotopic (exact) mass is 388 g/mol. The molecule has 8 nitrogen and oxygen atoms in total. The number of guanidine groups is 1. The van der Waals surface area contributed by atoms with E-state index in [9.17, 15) is 5.11 Å². The van der Waals surface area contributed by atoms with E-state index in [4.69, 9.17) is 4.74 Å². The second-order valence-corrected chi connectivity index (χ2v) is 7.51. The highest BCUT2D eigenvalue weighted by molar-refractivity contribution is 5.80. The Hall–Kier alpha value is -2.16. The van der Waals surface area contributed by atoms with Crippen LogP contribution in [0.3, 0.4) is 0 Å². The topological polar surface area (TPSA) is 86.9 Å². The Kier molecular flexibility index (Phi) is 6.88. The number of β-amino-alcohol motifs (C(OH)–C–C–N with tert-alkyl or cyclic N) is 1. The molecule has 1 fully saturated rings. The molecule has 28 heavy (non-hydrogen) atoms. The summed E-state index contributed by atoms with van der Waals surface area (Å²) >= 11 is 0. The number of aromatic nitrogens is 2. The number of rotatable bonds is 7. The van der Waals surface area contributed by atoms with E-state index >= 15 is 0 Å². The number of ether oxygens (including phenoxy) is 1. The Balaban J connectivity index is 1.60. The van der Waals surface area contributed by atoms with Gasteiger partial charge < -0.3 is 25.0 Å². The van der Waals surface area contributed by atoms with E-state index in [0.717, 1.165) is 49.7 Å². The third-order valence-corrected chi connectivity index (χ3v) is 4.91. The molecule has 8 heteroatoms. The van der Waals surface area contributed by atoms with Crippen LogP contribution in [0.4, 0.5) is 0 Å². The molecule has 0 amide bonds. The van der Waals surface area contributed by atoms with Crippen molar-refractivity contribution in [1.29, 1.82) is 0 Å². The van der Waals surface area contributed by atoms with Gasteiger partial charge in [0.2, 0.25) is 0 Å². The Morgan fingerprint density at radius 2 is 2.04 bits per heavy atom. The smallest absolute Gasteiger partial charge is 0.191 e. The molecule has 0 spiro atoms. The summed E-state index contributed by atoms with van der Waals surface area (Å²) in [7, 11) is 2.01. The lowest BCUT2D eigenvalue weighted by Crippen LogP contribution is -2.53. The highest BCUT2D eigenvalue weighted by atomic mass is 16.5. The van der Waals surface area contributed by atoms with Gasteiger partial charge in [-0.2, -0.15) is 0 Å². The van der Waals surface area contributed by atoms with Gasteiger partial charge in [-0.05, 0) is 26.0 Å². The number of aliphatic imine (C=N–C) groups is 1. The Bertz CT molecular complexity index is 795. The maximum absolute atomic E-state index is 10.8. The lowest BCUT2D eigenvalue weighted by molar-refractivity contribution is -0.0201. The SMILES string of the molecule is CCNC(=NCc1nc2ccccc2n1C)NCC(C)(O)CN1CCOCC1. The van der Waals surface area contributed by atoms with Crippen molar-refractivity contribution in [3.05, 3.63) is 30.1 Å². The highest BCUT2D eigenvalue weighted by Crippen LogP contribution is 2.14. The quantitative estimate of drug-likeness (QED) is 0.478. The second-order valence-electron chi connectivity index (χ2n) is 7.51. The van der Waals surface area contributed by atoms with E-state index in [2.05, 4.69) is 36.1 Å². The summed E-state index contributed by atoms with van der Waals surface area (Å²) in [6.07, 6.45) is 0. The first kappa shape index (κ1) is 20.6. The zero-order valence-corrected chi connectivity index (χ0v) is 17.1. The van der Waals surface area contributed by atoms with Crippen LogP contribution in [0.1, 0.15) is 19.7 Å². The minimum Gasteiger partial charge on any atom is -0.387 e. The number of fused-ring (bicyclic) bond motifs is 1. The van der Waals surface area contributed by atoms with Crippen LogP contribution in [0, 0.1) is 0 Å². The molecule has 1 aromatic carbocycles. The van der Waals surface area contributed by atoms with Crippen LogP contribution in [0.25, 0.3) is 11.0 Å². The Morgan fingerprint density at radius 1 is 1.29 bits per heavy atom. The number of nitrogens with zero attached hydrogens (tertiary/aromatic N) is 4. The van der Waals surface area contributed by atoms with Gasteiger partial charge >= 0.3 is 0 Å². The van der Waals surface area contributed by atoms with Crippen molar-refractivity contribution in [2.75, 3.05) is 45.9 Å². The molecular formula is C20H32N6O2. The van der Waals surface area contributed by atoms with Crippen molar-refractivity contribution in [3.63, 3.8) is 0 Å². The molecule has 1 saturated heterocycles. The molecule has 0 saturated carbocycles. The summed E-state index contributed by atoms with van der Waals surface area (Å²) in [5.41, 5.74) is 1.21. The van der Waals surface area contributed by atoms with Gasteiger partial charge in [-0.3, -0.25) is 4.90 Å². The van der Waals surface area contributed by atoms with Gasteiger partial charge in [-0.15, -0.1) is 0 Å². The molecule has 1 aliphatic rings. The third kappa shape index (κ3) is 5.43. The average molecular weight is 389 g/mol. The number of hydrogen-bond donors (Lipinski definition) is 3. The largest absolute Gasteiger partial charge is 0.387 e. The molecular weight excluding hydrogens is 356 g/mol. The van der Waals surface area contributed by atoms with Gasteiger partial charge in [0.05, 0.1) is 29.8 Å². The standard InChI is InChI=1S/C20H32N6O2/c1-4-21-19(23-14-20(2,27)15-26-9-11-28-12-10-26)22-13-18-24-16-7-5-6-8-17(16)25(18)3/h5-8,27H,4,9-15H2,1-3H3,(H2,21,22,23). The number of morpholine rings is 1. The maximum Gasteiger partial charge on any atom is 0.191 e. The zero-order valence-electron chi connectivity index (χ0n) is 17.1. The molecule has 154 valence electrons. The van der Waals surface area contributed by atoms with Gasteiger partial charge in [0.15, 0.2) is 5.96 Å². The van der Waals surface area contributed by atoms with Gasteiger partial charge in [0, 0.05) is 39.8 Å². The molecule has 2 heterocycles. The molecule has 3 rings (SSSR count). The van der Waals surface area contributed by atoms with Crippen molar-refractivity contribution < 1.29 is 9.84 Å². The van der Waals surface area contributed by atoms with Crippen molar-refractivity contribution >= 4 is 17.0 Å². The number of para-hydroxylation sites is 2. The first-order chi connectivity index (χ1) is 13.5. The summed E-state index contributed by atoms with van der Waals surface area (Å²) < 4.78 is 7.44. The normalized spacial score (nSPS) is 18.2. The first-order valence-corrected chi connectivity index (χ1v) is 9.93. The van der Waals surface area contributed by atoms with Gasteiger partial charge in [0.1, 0.15) is 12.4 Å². The fourth-order valence-corrected chi connectivity index (χ4v) is 3.40. The van der Waals surface area contributed by atoms with Crippen LogP contribution in [0.15, 0.2) is 29.3 Å². The minimum atomic E-state index is -0.856. The maximum atomic E-state index is 10.8. The minimum absolute atomic E-state index is 0.415. The Labute approximate surface area is 166 Å². The van der Waals surface area contributed by atoms with Crippen molar-refractivity contribution in [2.24, 2.45) is 12.0 Å². The number of nitrogens with one attached hydrogen (secondary N) is 2. The fraction of sp³-hybridized carbons (Fsp3) is 0.600. The second kappa shape index (κ2) is 9.36. The summed E-state index contributed by atoms with van der Waals surface area (Å²) in [4.78, 5) is 11.5. The first-order valence-electron chi connectivity index (χ1n) is 9.93. The predicted octanol–water partition coefficient (Wildman–Crippen LogP) is 0.712. The van der Waals surface area contributed by atoms with Crippen LogP contribution in [-0.4, -0.2) is 77.1 Å². The van der Waals surface area contributed by atoms with E-state index < -0.39 is 5.60 Å². The number of imidazole rings is 1. The van der Waals surface area contributed by atoms with Gasteiger partial charge in [-0.1, -0.05) is 12.1 Å². The Morgan fingerprint density at radius 3 is 2.75 bits per heavy atom. The number of aliphatic hydroxyl groups is 1. The summed E-state index contributed by atoms with van der Waals surface area (Å²) in [5, 5.41) is 17.3. The molecule has 1 unspecified atom stereocenters. The van der Waals surface area contributed by atoms with Crippen LogP contribution < -0.4 is 10.6 Å². The number of hydrogen-bond acceptors (Lipinski definition) is 5. The molecule has 0 radical (unpaired) electrons. The molecule has 1 aromatic heterocycles. The van der Waals surface area contributed by atoms with E-state index in [1.165, 1.54) is 0 Å². The van der Waals surface area contributed by atoms with E-state index in [0.29, 0.717) is 25.6 Å². The van der Waals surface area contributed by atoms with E-state index in [-0.39, 0.29) is 0 Å². The van der Waals surface area contributed by atoms with Crippen LogP contribution in [0.2, 0.25) is 0 Å². The lowest BCUT2D eigenvalue weighted by Gasteiger charge is -2.34. The van der Waals surface area contributed by atoms with Crippen LogP contribution >= 0.6 is 0 Å². The molecule has 1 atom stereocenters. The molecule has 3 N–H and O–H groups in total. The summed E-state index contributed by atoms with van der Waals surface area (Å²) in [5.74, 6) is 1.58. The van der Waals surface area contributed by atoms with Crippen LogP contribution in [0.5, 0.6) is 0 Å². The van der Waals surface area contributed by atoms with E-state index in [1.807, 2.05) is 39.1 Å².